The van der Waals surface area contributed by atoms with Gasteiger partial charge in [-0.15, -0.1) is 0 Å². The molecule has 0 spiro atoms. The van der Waals surface area contributed by atoms with Crippen molar-refractivity contribution in [2.75, 3.05) is 6.61 Å². The van der Waals surface area contributed by atoms with Crippen LogP contribution >= 0.6 is 0 Å². The molecule has 7 heteroatoms. The van der Waals surface area contributed by atoms with Gasteiger partial charge in [0.2, 0.25) is 0 Å². The highest BCUT2D eigenvalue weighted by Gasteiger charge is 2.27. The van der Waals surface area contributed by atoms with Crippen LogP contribution < -0.4 is 15.7 Å². The lowest BCUT2D eigenvalue weighted by molar-refractivity contribution is -0.156. The average molecular weight is 371 g/mol. The molecule has 142 valence electrons. The first kappa shape index (κ1) is 17.6. The van der Waals surface area contributed by atoms with Gasteiger partial charge >= 0.3 is 11.6 Å². The maximum atomic E-state index is 12.0. The van der Waals surface area contributed by atoms with Gasteiger partial charge in [-0.25, -0.2) is 9.59 Å². The first-order valence-corrected chi connectivity index (χ1v) is 9.22. The maximum Gasteiger partial charge on any atom is 0.344 e. The largest absolute Gasteiger partial charge is 0.482 e. The lowest BCUT2D eigenvalue weighted by Gasteiger charge is -2.13. The average Bonchev–Trinajstić information content (AvgIpc) is 3.31. The van der Waals surface area contributed by atoms with E-state index in [4.69, 9.17) is 13.9 Å². The van der Waals surface area contributed by atoms with Crippen LogP contribution in [-0.2, 0) is 27.2 Å². The standard InChI is InChI=1S/C20H21NO6/c1-11(19(23)21-12-5-6-12)26-18(22)10-25-13-7-8-15-14-3-2-4-16(14)20(24)27-17(15)9-13/h7-9,11-12H,2-6,10H2,1H3,(H,21,23)/t11-/m0/s1. The molecule has 1 N–H and O–H groups in total. The van der Waals surface area contributed by atoms with E-state index in [2.05, 4.69) is 5.32 Å². The van der Waals surface area contributed by atoms with E-state index in [0.717, 1.165) is 48.6 Å². The summed E-state index contributed by atoms with van der Waals surface area (Å²) in [7, 11) is 0. The first-order chi connectivity index (χ1) is 13.0. The summed E-state index contributed by atoms with van der Waals surface area (Å²) in [6.07, 6.45) is 3.65. The van der Waals surface area contributed by atoms with Gasteiger partial charge in [0.25, 0.3) is 5.91 Å². The highest BCUT2D eigenvalue weighted by atomic mass is 16.6. The molecule has 7 nitrogen and oxygen atoms in total. The van der Waals surface area contributed by atoms with E-state index in [1.165, 1.54) is 6.92 Å². The van der Waals surface area contributed by atoms with Gasteiger partial charge < -0.3 is 19.2 Å². The Labute approximate surface area is 155 Å². The van der Waals surface area contributed by atoms with Crippen LogP contribution in [0.25, 0.3) is 11.0 Å². The summed E-state index contributed by atoms with van der Waals surface area (Å²) in [5, 5.41) is 3.68. The van der Waals surface area contributed by atoms with Crippen LogP contribution in [0.5, 0.6) is 5.75 Å². The number of carbonyl (C=O) groups is 2. The van der Waals surface area contributed by atoms with Crippen LogP contribution in [0, 0.1) is 0 Å². The summed E-state index contributed by atoms with van der Waals surface area (Å²) in [6.45, 7) is 1.20. The van der Waals surface area contributed by atoms with Crippen molar-refractivity contribution in [2.24, 2.45) is 0 Å². The summed E-state index contributed by atoms with van der Waals surface area (Å²) in [4.78, 5) is 35.8. The van der Waals surface area contributed by atoms with E-state index >= 15 is 0 Å². The molecule has 1 fully saturated rings. The van der Waals surface area contributed by atoms with Crippen molar-refractivity contribution in [3.63, 3.8) is 0 Å². The van der Waals surface area contributed by atoms with Crippen molar-refractivity contribution in [1.82, 2.24) is 5.32 Å². The Kier molecular flexibility index (Phi) is 4.59. The van der Waals surface area contributed by atoms with Crippen LogP contribution in [0.4, 0.5) is 0 Å². The third kappa shape index (κ3) is 3.82. The molecule has 2 aromatic rings. The predicted molar refractivity (Wildman–Crippen MR) is 96.7 cm³/mol. The van der Waals surface area contributed by atoms with E-state index < -0.39 is 12.1 Å². The second-order valence-corrected chi connectivity index (χ2v) is 7.06. The fourth-order valence-corrected chi connectivity index (χ4v) is 3.33. The SMILES string of the molecule is C[C@H](OC(=O)COc1ccc2c3c(c(=O)oc2c1)CCC3)C(=O)NC1CC1. The van der Waals surface area contributed by atoms with Crippen molar-refractivity contribution in [2.45, 2.75) is 51.2 Å². The Hall–Kier alpha value is -2.83. The summed E-state index contributed by atoms with van der Waals surface area (Å²) >= 11 is 0. The minimum absolute atomic E-state index is 0.212. The number of rotatable bonds is 6. The molecule has 27 heavy (non-hydrogen) atoms. The van der Waals surface area contributed by atoms with E-state index in [1.807, 2.05) is 6.07 Å². The predicted octanol–water partition coefficient (Wildman–Crippen LogP) is 1.87. The molecular formula is C20H21NO6. The zero-order valence-corrected chi connectivity index (χ0v) is 15.1. The molecule has 1 heterocycles. The van der Waals surface area contributed by atoms with Crippen molar-refractivity contribution >= 4 is 22.8 Å². The van der Waals surface area contributed by atoms with Crippen LogP contribution in [0.1, 0.15) is 37.3 Å². The van der Waals surface area contributed by atoms with E-state index in [0.29, 0.717) is 11.3 Å². The minimum atomic E-state index is -0.862. The molecule has 0 aliphatic heterocycles. The second kappa shape index (κ2) is 7.06. The van der Waals surface area contributed by atoms with E-state index in [-0.39, 0.29) is 24.2 Å². The lowest BCUT2D eigenvalue weighted by atomic mass is 10.1. The Morgan fingerprint density at radius 2 is 2.04 bits per heavy atom. The monoisotopic (exact) mass is 371 g/mol. The molecule has 2 aliphatic carbocycles. The molecule has 0 bridgehead atoms. The van der Waals surface area contributed by atoms with Crippen molar-refractivity contribution < 1.29 is 23.5 Å². The van der Waals surface area contributed by atoms with Gasteiger partial charge in [-0.2, -0.15) is 0 Å². The number of aryl methyl sites for hydroxylation is 1. The zero-order valence-electron chi connectivity index (χ0n) is 15.1. The molecule has 4 rings (SSSR count). The van der Waals surface area contributed by atoms with Crippen molar-refractivity contribution in [3.8, 4) is 5.75 Å². The van der Waals surface area contributed by atoms with Gasteiger partial charge in [-0.3, -0.25) is 4.79 Å². The highest BCUT2D eigenvalue weighted by Crippen LogP contribution is 2.29. The van der Waals surface area contributed by atoms with Crippen LogP contribution in [0.15, 0.2) is 27.4 Å². The number of nitrogens with one attached hydrogen (secondary N) is 1. The number of fused-ring (bicyclic) bond motifs is 3. The molecule has 1 saturated carbocycles. The van der Waals surface area contributed by atoms with Crippen LogP contribution in [0.3, 0.4) is 0 Å². The summed E-state index contributed by atoms with van der Waals surface area (Å²) in [6, 6.07) is 5.39. The first-order valence-electron chi connectivity index (χ1n) is 9.22. The number of amides is 1. The fraction of sp³-hybridized carbons (Fsp3) is 0.450. The summed E-state index contributed by atoms with van der Waals surface area (Å²) < 4.78 is 15.9. The van der Waals surface area contributed by atoms with Crippen LogP contribution in [-0.4, -0.2) is 30.6 Å². The number of carbonyl (C=O) groups excluding carboxylic acids is 2. The number of benzene rings is 1. The number of hydrogen-bond donors (Lipinski definition) is 1. The van der Waals surface area contributed by atoms with Gasteiger partial charge in [0.1, 0.15) is 11.3 Å². The Bertz CT molecular complexity index is 959. The topological polar surface area (TPSA) is 94.8 Å². The minimum Gasteiger partial charge on any atom is -0.482 e. The highest BCUT2D eigenvalue weighted by molar-refractivity contribution is 5.84. The Morgan fingerprint density at radius 1 is 1.26 bits per heavy atom. The molecule has 2 aliphatic rings. The zero-order chi connectivity index (χ0) is 19.0. The molecule has 0 radical (unpaired) electrons. The normalized spacial score (nSPS) is 16.6. The van der Waals surface area contributed by atoms with Gasteiger partial charge in [-0.1, -0.05) is 0 Å². The maximum absolute atomic E-state index is 12.0. The molecule has 1 amide bonds. The third-order valence-electron chi connectivity index (χ3n) is 4.90. The molecule has 0 unspecified atom stereocenters. The lowest BCUT2D eigenvalue weighted by Crippen LogP contribution is -2.37. The summed E-state index contributed by atoms with van der Waals surface area (Å²) in [5.41, 5.74) is 1.95. The molecule has 1 aromatic carbocycles. The molecule has 1 atom stereocenters. The summed E-state index contributed by atoms with van der Waals surface area (Å²) in [5.74, 6) is -0.535. The number of esters is 1. The second-order valence-electron chi connectivity index (χ2n) is 7.06. The Morgan fingerprint density at radius 3 is 2.81 bits per heavy atom. The molecule has 0 saturated heterocycles. The van der Waals surface area contributed by atoms with Crippen molar-refractivity contribution in [3.05, 3.63) is 39.7 Å². The van der Waals surface area contributed by atoms with Gasteiger partial charge in [0.05, 0.1) is 0 Å². The third-order valence-corrected chi connectivity index (χ3v) is 4.90. The molecule has 1 aromatic heterocycles. The van der Waals surface area contributed by atoms with Gasteiger partial charge in [-0.05, 0) is 56.7 Å². The van der Waals surface area contributed by atoms with Gasteiger partial charge in [0, 0.05) is 23.1 Å². The fourth-order valence-electron chi connectivity index (χ4n) is 3.33. The smallest absolute Gasteiger partial charge is 0.344 e. The van der Waals surface area contributed by atoms with E-state index in [1.54, 1.807) is 12.1 Å². The number of ether oxygens (including phenoxy) is 2. The van der Waals surface area contributed by atoms with Crippen molar-refractivity contribution in [1.29, 1.82) is 0 Å². The van der Waals surface area contributed by atoms with Gasteiger partial charge in [0.15, 0.2) is 12.7 Å². The number of hydrogen-bond acceptors (Lipinski definition) is 6. The Balaban J connectivity index is 1.38. The van der Waals surface area contributed by atoms with E-state index in [9.17, 15) is 14.4 Å². The molecular weight excluding hydrogens is 350 g/mol. The van der Waals surface area contributed by atoms with Crippen LogP contribution in [0.2, 0.25) is 0 Å². The quantitative estimate of drug-likeness (QED) is 0.615.